The zero-order valence-corrected chi connectivity index (χ0v) is 14.8. The molecule has 4 rings (SSSR count). The number of pyridine rings is 1. The van der Waals surface area contributed by atoms with Crippen molar-refractivity contribution in [2.24, 2.45) is 10.7 Å². The summed E-state index contributed by atoms with van der Waals surface area (Å²) < 4.78 is 1.95. The van der Waals surface area contributed by atoms with Gasteiger partial charge in [0.05, 0.1) is 6.54 Å². The molecule has 6 heteroatoms. The van der Waals surface area contributed by atoms with Gasteiger partial charge in [0.2, 0.25) is 0 Å². The van der Waals surface area contributed by atoms with Gasteiger partial charge in [0.1, 0.15) is 11.6 Å². The monoisotopic (exact) mass is 346 g/mol. The van der Waals surface area contributed by atoms with Gasteiger partial charge in [0.25, 0.3) is 0 Å². The van der Waals surface area contributed by atoms with Crippen molar-refractivity contribution < 1.29 is 0 Å². The molecular formula is C20H22N6. The molecule has 0 aliphatic heterocycles. The molecule has 1 aromatic carbocycles. The quantitative estimate of drug-likeness (QED) is 0.562. The van der Waals surface area contributed by atoms with Crippen molar-refractivity contribution in [3.63, 3.8) is 0 Å². The van der Waals surface area contributed by atoms with Gasteiger partial charge in [-0.3, -0.25) is 4.57 Å². The largest absolute Gasteiger partial charge is 0.370 e. The van der Waals surface area contributed by atoms with Crippen LogP contribution in [0, 0.1) is 6.92 Å². The summed E-state index contributed by atoms with van der Waals surface area (Å²) >= 11 is 0. The van der Waals surface area contributed by atoms with Gasteiger partial charge in [-0.05, 0) is 55.5 Å². The van der Waals surface area contributed by atoms with E-state index in [0.717, 1.165) is 29.3 Å². The minimum absolute atomic E-state index is 0.403. The average molecular weight is 346 g/mol. The van der Waals surface area contributed by atoms with Crippen LogP contribution in [0.15, 0.2) is 53.9 Å². The number of aromatic nitrogens is 3. The number of imidazole rings is 1. The first-order valence-corrected chi connectivity index (χ1v) is 8.83. The van der Waals surface area contributed by atoms with Crippen LogP contribution in [0.3, 0.4) is 0 Å². The minimum atomic E-state index is 0.403. The van der Waals surface area contributed by atoms with Gasteiger partial charge in [0, 0.05) is 29.8 Å². The van der Waals surface area contributed by atoms with E-state index >= 15 is 0 Å². The number of guanidine groups is 1. The van der Waals surface area contributed by atoms with Gasteiger partial charge in [-0.15, -0.1) is 0 Å². The fourth-order valence-corrected chi connectivity index (χ4v) is 3.38. The summed E-state index contributed by atoms with van der Waals surface area (Å²) in [6, 6.07) is 10.3. The third-order valence-electron chi connectivity index (χ3n) is 4.71. The smallest absolute Gasteiger partial charge is 0.193 e. The van der Waals surface area contributed by atoms with Gasteiger partial charge >= 0.3 is 0 Å². The number of nitrogens with one attached hydrogen (secondary N) is 1. The molecule has 0 saturated carbocycles. The number of anilines is 1. The topological polar surface area (TPSA) is 81.1 Å². The third kappa shape index (κ3) is 3.31. The second kappa shape index (κ2) is 7.00. The molecule has 0 radical (unpaired) electrons. The molecule has 2 aromatic heterocycles. The van der Waals surface area contributed by atoms with E-state index in [-0.39, 0.29) is 0 Å². The van der Waals surface area contributed by atoms with E-state index in [1.54, 1.807) is 12.4 Å². The summed E-state index contributed by atoms with van der Waals surface area (Å²) in [5, 5.41) is 3.20. The van der Waals surface area contributed by atoms with Gasteiger partial charge in [-0.25, -0.2) is 15.0 Å². The summed E-state index contributed by atoms with van der Waals surface area (Å²) in [5.41, 5.74) is 10.9. The van der Waals surface area contributed by atoms with Crippen LogP contribution in [-0.4, -0.2) is 20.5 Å². The molecule has 0 spiro atoms. The van der Waals surface area contributed by atoms with Crippen molar-refractivity contribution in [2.45, 2.75) is 32.7 Å². The Labute approximate surface area is 152 Å². The van der Waals surface area contributed by atoms with E-state index in [4.69, 9.17) is 5.73 Å². The molecule has 3 N–H and O–H groups in total. The summed E-state index contributed by atoms with van der Waals surface area (Å²) in [7, 11) is 0. The van der Waals surface area contributed by atoms with Crippen LogP contribution in [0.2, 0.25) is 0 Å². The van der Waals surface area contributed by atoms with E-state index in [1.165, 1.54) is 24.0 Å². The van der Waals surface area contributed by atoms with Crippen molar-refractivity contribution in [3.05, 3.63) is 71.4 Å². The van der Waals surface area contributed by atoms with Crippen LogP contribution in [0.4, 0.5) is 5.69 Å². The number of nitrogens with two attached hydrogens (primary N) is 1. The van der Waals surface area contributed by atoms with Gasteiger partial charge in [-0.1, -0.05) is 12.1 Å². The fraction of sp³-hybridized carbons (Fsp3) is 0.250. The highest BCUT2D eigenvalue weighted by Gasteiger charge is 2.11. The molecule has 0 saturated heterocycles. The van der Waals surface area contributed by atoms with Crippen molar-refractivity contribution in [1.29, 1.82) is 0 Å². The molecular weight excluding hydrogens is 324 g/mol. The molecule has 0 unspecified atom stereocenters. The first-order chi connectivity index (χ1) is 12.7. The van der Waals surface area contributed by atoms with Crippen molar-refractivity contribution >= 4 is 11.6 Å². The Morgan fingerprint density at radius 2 is 2.08 bits per heavy atom. The fourth-order valence-electron chi connectivity index (χ4n) is 3.38. The number of aryl methyl sites for hydroxylation is 3. The lowest BCUT2D eigenvalue weighted by atomic mass is 10.1. The predicted octanol–water partition coefficient (Wildman–Crippen LogP) is 2.99. The summed E-state index contributed by atoms with van der Waals surface area (Å²) in [6.45, 7) is 2.40. The molecule has 2 heterocycles. The van der Waals surface area contributed by atoms with E-state index in [9.17, 15) is 0 Å². The molecule has 26 heavy (non-hydrogen) atoms. The maximum atomic E-state index is 6.10. The third-order valence-corrected chi connectivity index (χ3v) is 4.71. The zero-order chi connectivity index (χ0) is 17.9. The average Bonchev–Trinajstić information content (AvgIpc) is 3.28. The Morgan fingerprint density at radius 3 is 2.92 bits per heavy atom. The number of fused-ring (bicyclic) bond motifs is 1. The molecule has 0 fully saturated rings. The van der Waals surface area contributed by atoms with E-state index in [1.807, 2.05) is 29.8 Å². The maximum absolute atomic E-state index is 6.10. The molecule has 1 aliphatic rings. The Bertz CT molecular complexity index is 956. The Balaban J connectivity index is 1.51. The lowest BCUT2D eigenvalue weighted by Crippen LogP contribution is -2.22. The van der Waals surface area contributed by atoms with Crippen molar-refractivity contribution in [3.8, 4) is 5.82 Å². The summed E-state index contributed by atoms with van der Waals surface area (Å²) in [5.74, 6) is 2.12. The molecule has 0 atom stereocenters. The number of hydrogen-bond acceptors (Lipinski definition) is 3. The normalized spacial score (nSPS) is 13.7. The lowest BCUT2D eigenvalue weighted by Gasteiger charge is -2.10. The predicted molar refractivity (Wildman–Crippen MR) is 104 cm³/mol. The number of hydrogen-bond donors (Lipinski definition) is 2. The van der Waals surface area contributed by atoms with E-state index in [2.05, 4.69) is 38.5 Å². The zero-order valence-electron chi connectivity index (χ0n) is 14.8. The van der Waals surface area contributed by atoms with Crippen molar-refractivity contribution in [2.75, 3.05) is 5.32 Å². The molecule has 132 valence electrons. The standard InChI is InChI=1S/C20H22N6/c1-14-22-10-11-26(14)19-17(6-3-9-23-19)13-24-20(21)25-18-8-7-15-4-2-5-16(15)12-18/h3,6-12H,2,4-5,13H2,1H3,(H3,21,24,25). The van der Waals surface area contributed by atoms with E-state index < -0.39 is 0 Å². The van der Waals surface area contributed by atoms with Crippen LogP contribution in [-0.2, 0) is 19.4 Å². The van der Waals surface area contributed by atoms with E-state index in [0.29, 0.717) is 12.5 Å². The Morgan fingerprint density at radius 1 is 1.19 bits per heavy atom. The second-order valence-electron chi connectivity index (χ2n) is 6.49. The molecule has 6 nitrogen and oxygen atoms in total. The number of benzene rings is 1. The van der Waals surface area contributed by atoms with Crippen LogP contribution >= 0.6 is 0 Å². The van der Waals surface area contributed by atoms with Crippen LogP contribution < -0.4 is 11.1 Å². The Kier molecular flexibility index (Phi) is 4.39. The van der Waals surface area contributed by atoms with Crippen LogP contribution in [0.5, 0.6) is 0 Å². The first kappa shape index (κ1) is 16.3. The molecule has 3 aromatic rings. The van der Waals surface area contributed by atoms with Crippen LogP contribution in [0.25, 0.3) is 5.82 Å². The highest BCUT2D eigenvalue weighted by atomic mass is 15.1. The van der Waals surface area contributed by atoms with Crippen LogP contribution in [0.1, 0.15) is 28.9 Å². The highest BCUT2D eigenvalue weighted by Crippen LogP contribution is 2.24. The molecule has 0 bridgehead atoms. The first-order valence-electron chi connectivity index (χ1n) is 8.83. The molecule has 0 amide bonds. The second-order valence-corrected chi connectivity index (χ2v) is 6.49. The van der Waals surface area contributed by atoms with Gasteiger partial charge in [0.15, 0.2) is 5.96 Å². The number of rotatable bonds is 4. The minimum Gasteiger partial charge on any atom is -0.370 e. The summed E-state index contributed by atoms with van der Waals surface area (Å²) in [4.78, 5) is 13.2. The maximum Gasteiger partial charge on any atom is 0.193 e. The number of aliphatic imine (C=N–C) groups is 1. The van der Waals surface area contributed by atoms with Gasteiger partial charge in [-0.2, -0.15) is 0 Å². The van der Waals surface area contributed by atoms with Gasteiger partial charge < -0.3 is 11.1 Å². The Hall–Kier alpha value is -3.15. The number of nitrogens with zero attached hydrogens (tertiary/aromatic N) is 4. The lowest BCUT2D eigenvalue weighted by molar-refractivity contribution is 0.894. The van der Waals surface area contributed by atoms with Crippen molar-refractivity contribution in [1.82, 2.24) is 14.5 Å². The molecule has 1 aliphatic carbocycles. The summed E-state index contributed by atoms with van der Waals surface area (Å²) in [6.07, 6.45) is 8.99. The SMILES string of the molecule is Cc1nccn1-c1ncccc1CN=C(N)Nc1ccc2c(c1)CCC2. The highest BCUT2D eigenvalue weighted by molar-refractivity contribution is 5.92.